The van der Waals surface area contributed by atoms with Crippen LogP contribution in [-0.4, -0.2) is 27.7 Å². The first-order valence-corrected chi connectivity index (χ1v) is 9.44. The van der Waals surface area contributed by atoms with Crippen LogP contribution in [0.2, 0.25) is 0 Å². The molecule has 0 fully saturated rings. The smallest absolute Gasteiger partial charge is 0.123 e. The van der Waals surface area contributed by atoms with Gasteiger partial charge in [0, 0.05) is 49.0 Å². The molecule has 0 saturated carbocycles. The van der Waals surface area contributed by atoms with Crippen molar-refractivity contribution >= 4 is 5.71 Å². The molecule has 1 aromatic carbocycles. The van der Waals surface area contributed by atoms with E-state index in [9.17, 15) is 4.39 Å². The van der Waals surface area contributed by atoms with E-state index in [1.54, 1.807) is 31.7 Å². The number of hydrogen-bond donors (Lipinski definition) is 1. The van der Waals surface area contributed by atoms with Crippen molar-refractivity contribution in [3.05, 3.63) is 101 Å². The molecule has 1 atom stereocenters. The van der Waals surface area contributed by atoms with Gasteiger partial charge in [0.05, 0.1) is 11.4 Å². The number of hydrogen-bond acceptors (Lipinski definition) is 5. The van der Waals surface area contributed by atoms with Crippen molar-refractivity contribution in [3.8, 4) is 0 Å². The van der Waals surface area contributed by atoms with Crippen molar-refractivity contribution in [2.24, 2.45) is 10.7 Å². The number of nitrogens with two attached hydrogens (primary N) is 1. The molecule has 0 amide bonds. The van der Waals surface area contributed by atoms with Crippen molar-refractivity contribution in [2.45, 2.75) is 25.7 Å². The normalized spacial score (nSPS) is 13.0. The number of allylic oxidation sites excluding steroid dienone is 1. The van der Waals surface area contributed by atoms with Gasteiger partial charge in [0.15, 0.2) is 0 Å². The minimum absolute atomic E-state index is 0.190. The van der Waals surface area contributed by atoms with Crippen LogP contribution in [0.25, 0.3) is 0 Å². The zero-order valence-electron chi connectivity index (χ0n) is 16.6. The summed E-state index contributed by atoms with van der Waals surface area (Å²) in [6.45, 7) is 2.11. The van der Waals surface area contributed by atoms with Crippen LogP contribution in [0.15, 0.2) is 72.3 Å². The first-order valence-electron chi connectivity index (χ1n) is 9.44. The summed E-state index contributed by atoms with van der Waals surface area (Å²) in [5, 5.41) is 0. The summed E-state index contributed by atoms with van der Waals surface area (Å²) in [6, 6.07) is 10.7. The highest BCUT2D eigenvalue weighted by Crippen LogP contribution is 2.22. The van der Waals surface area contributed by atoms with E-state index < -0.39 is 0 Å². The van der Waals surface area contributed by atoms with Gasteiger partial charge in [-0.25, -0.2) is 4.39 Å². The Balaban J connectivity index is 1.93. The highest BCUT2D eigenvalue weighted by Gasteiger charge is 2.12. The first kappa shape index (κ1) is 20.3. The zero-order chi connectivity index (χ0) is 20.6. The fourth-order valence-electron chi connectivity index (χ4n) is 3.21. The Hall–Kier alpha value is -3.41. The lowest BCUT2D eigenvalue weighted by atomic mass is 9.94. The van der Waals surface area contributed by atoms with E-state index in [0.717, 1.165) is 40.3 Å². The van der Waals surface area contributed by atoms with Crippen LogP contribution in [0.3, 0.4) is 0 Å². The van der Waals surface area contributed by atoms with Crippen LogP contribution in [0.5, 0.6) is 0 Å². The second-order valence-corrected chi connectivity index (χ2v) is 6.84. The molecule has 2 heterocycles. The molecule has 0 radical (unpaired) electrons. The molecule has 0 saturated heterocycles. The maximum Gasteiger partial charge on any atom is 0.123 e. The zero-order valence-corrected chi connectivity index (χ0v) is 16.6. The van der Waals surface area contributed by atoms with Crippen LogP contribution in [0.1, 0.15) is 41.1 Å². The maximum atomic E-state index is 13.2. The molecule has 3 aromatic rings. The fraction of sp³-hybridized carbons (Fsp3) is 0.217. The topological polar surface area (TPSA) is 77.0 Å². The van der Waals surface area contributed by atoms with E-state index in [1.807, 2.05) is 24.3 Å². The molecule has 0 bridgehead atoms. The highest BCUT2D eigenvalue weighted by molar-refractivity contribution is 6.08. The van der Waals surface area contributed by atoms with Gasteiger partial charge in [-0.05, 0) is 54.4 Å². The first-order chi connectivity index (χ1) is 14.1. The molecule has 5 nitrogen and oxygen atoms in total. The summed E-state index contributed by atoms with van der Waals surface area (Å²) in [5.41, 5.74) is 11.1. The van der Waals surface area contributed by atoms with Gasteiger partial charge in [-0.1, -0.05) is 19.1 Å². The monoisotopic (exact) mass is 389 g/mol. The molecule has 0 aliphatic rings. The SMILES string of the molecule is CN=C(/C=C\N)c1cc(Cc2cnccn2)nc(C[C@@H](C)c2ccc(F)cc2)c1. The van der Waals surface area contributed by atoms with Gasteiger partial charge in [0.1, 0.15) is 5.82 Å². The highest BCUT2D eigenvalue weighted by atomic mass is 19.1. The predicted molar refractivity (Wildman–Crippen MR) is 113 cm³/mol. The molecule has 29 heavy (non-hydrogen) atoms. The van der Waals surface area contributed by atoms with Crippen molar-refractivity contribution in [1.29, 1.82) is 0 Å². The molecule has 2 N–H and O–H groups in total. The molecule has 0 aliphatic carbocycles. The fourth-order valence-corrected chi connectivity index (χ4v) is 3.21. The van der Waals surface area contributed by atoms with Crippen molar-refractivity contribution < 1.29 is 4.39 Å². The quantitative estimate of drug-likeness (QED) is 0.623. The molecule has 3 rings (SSSR count). The lowest BCUT2D eigenvalue weighted by Crippen LogP contribution is -2.08. The third-order valence-corrected chi connectivity index (χ3v) is 4.66. The number of aromatic nitrogens is 3. The Morgan fingerprint density at radius 3 is 2.55 bits per heavy atom. The lowest BCUT2D eigenvalue weighted by Gasteiger charge is -2.14. The van der Waals surface area contributed by atoms with E-state index >= 15 is 0 Å². The van der Waals surface area contributed by atoms with E-state index in [-0.39, 0.29) is 11.7 Å². The number of benzene rings is 1. The number of pyridine rings is 1. The Labute approximate surface area is 170 Å². The summed E-state index contributed by atoms with van der Waals surface area (Å²) >= 11 is 0. The Morgan fingerprint density at radius 1 is 1.14 bits per heavy atom. The standard InChI is InChI=1S/C23H24FN5/c1-16(17-3-5-19(24)6-4-17)11-20-12-18(23(26-2)7-8-25)13-21(29-20)14-22-15-27-9-10-28-22/h3-10,12-13,15-16H,11,14,25H2,1-2H3/b8-7-,26-23?/t16-/m1/s1. The third kappa shape index (κ3) is 5.54. The number of rotatable bonds is 7. The third-order valence-electron chi connectivity index (χ3n) is 4.66. The Kier molecular flexibility index (Phi) is 6.79. The molecule has 0 aliphatic heterocycles. The van der Waals surface area contributed by atoms with Crippen LogP contribution >= 0.6 is 0 Å². The maximum absolute atomic E-state index is 13.2. The molecule has 0 unspecified atom stereocenters. The average Bonchev–Trinajstić information content (AvgIpc) is 2.73. The summed E-state index contributed by atoms with van der Waals surface area (Å²) in [5.74, 6) is -0.0421. The van der Waals surface area contributed by atoms with Gasteiger partial charge >= 0.3 is 0 Å². The molecule has 6 heteroatoms. The second-order valence-electron chi connectivity index (χ2n) is 6.84. The lowest BCUT2D eigenvalue weighted by molar-refractivity contribution is 0.625. The predicted octanol–water partition coefficient (Wildman–Crippen LogP) is 3.84. The second kappa shape index (κ2) is 9.68. The summed E-state index contributed by atoms with van der Waals surface area (Å²) in [6.07, 6.45) is 9.60. The van der Waals surface area contributed by atoms with Crippen LogP contribution in [-0.2, 0) is 12.8 Å². The van der Waals surface area contributed by atoms with E-state index in [0.29, 0.717) is 6.42 Å². The van der Waals surface area contributed by atoms with Crippen molar-refractivity contribution in [3.63, 3.8) is 0 Å². The van der Waals surface area contributed by atoms with E-state index in [1.165, 1.54) is 18.3 Å². The van der Waals surface area contributed by atoms with Gasteiger partial charge in [-0.15, -0.1) is 0 Å². The van der Waals surface area contributed by atoms with Gasteiger partial charge in [-0.3, -0.25) is 19.9 Å². The minimum Gasteiger partial charge on any atom is -0.405 e. The Bertz CT molecular complexity index is 998. The molecular formula is C23H24FN5. The van der Waals surface area contributed by atoms with E-state index in [2.05, 4.69) is 21.9 Å². The van der Waals surface area contributed by atoms with Crippen LogP contribution in [0.4, 0.5) is 4.39 Å². The van der Waals surface area contributed by atoms with Gasteiger partial charge in [0.2, 0.25) is 0 Å². The summed E-state index contributed by atoms with van der Waals surface area (Å²) < 4.78 is 13.2. The number of nitrogens with zero attached hydrogens (tertiary/aromatic N) is 4. The van der Waals surface area contributed by atoms with Gasteiger partial charge in [-0.2, -0.15) is 0 Å². The van der Waals surface area contributed by atoms with Gasteiger partial charge in [0.25, 0.3) is 0 Å². The molecule has 148 valence electrons. The Morgan fingerprint density at radius 2 is 1.90 bits per heavy atom. The van der Waals surface area contributed by atoms with Crippen molar-refractivity contribution in [2.75, 3.05) is 7.05 Å². The number of aliphatic imine (C=N–C) groups is 1. The summed E-state index contributed by atoms with van der Waals surface area (Å²) in [7, 11) is 1.74. The summed E-state index contributed by atoms with van der Waals surface area (Å²) in [4.78, 5) is 17.7. The number of halogens is 1. The molecule has 0 spiro atoms. The average molecular weight is 389 g/mol. The van der Waals surface area contributed by atoms with Crippen LogP contribution in [0, 0.1) is 5.82 Å². The van der Waals surface area contributed by atoms with Gasteiger partial charge < -0.3 is 5.73 Å². The minimum atomic E-state index is -0.232. The van der Waals surface area contributed by atoms with Crippen LogP contribution < -0.4 is 5.73 Å². The van der Waals surface area contributed by atoms with Crippen molar-refractivity contribution in [1.82, 2.24) is 15.0 Å². The largest absolute Gasteiger partial charge is 0.405 e. The van der Waals surface area contributed by atoms with E-state index in [4.69, 9.17) is 10.7 Å². The molecular weight excluding hydrogens is 365 g/mol. The molecule has 2 aromatic heterocycles.